The first-order valence-corrected chi connectivity index (χ1v) is 11.3. The van der Waals surface area contributed by atoms with Gasteiger partial charge in [0.2, 0.25) is 17.7 Å². The summed E-state index contributed by atoms with van der Waals surface area (Å²) in [6.45, 7) is 11.2. The molecule has 0 aliphatic rings. The third kappa shape index (κ3) is 20.9. The highest BCUT2D eigenvalue weighted by atomic mass is 16.2. The lowest BCUT2D eigenvalue weighted by atomic mass is 10.1. The Morgan fingerprint density at radius 1 is 0.586 bits per heavy atom. The molecular formula is C22H44N4O3. The third-order valence-corrected chi connectivity index (χ3v) is 4.51. The van der Waals surface area contributed by atoms with Crippen LogP contribution < -0.4 is 21.3 Å². The highest BCUT2D eigenvalue weighted by molar-refractivity contribution is 5.83. The Kier molecular flexibility index (Phi) is 17.4. The molecule has 29 heavy (non-hydrogen) atoms. The fraction of sp³-hybridized carbons (Fsp3) is 0.864. The van der Waals surface area contributed by atoms with Crippen molar-refractivity contribution in [2.75, 3.05) is 26.2 Å². The lowest BCUT2D eigenvalue weighted by Crippen LogP contribution is -2.35. The van der Waals surface area contributed by atoms with Gasteiger partial charge in [-0.1, -0.05) is 40.5 Å². The van der Waals surface area contributed by atoms with Crippen LogP contribution in [0.2, 0.25) is 0 Å². The van der Waals surface area contributed by atoms with E-state index >= 15 is 0 Å². The van der Waals surface area contributed by atoms with Gasteiger partial charge in [-0.2, -0.15) is 0 Å². The van der Waals surface area contributed by atoms with Crippen molar-refractivity contribution in [3.63, 3.8) is 0 Å². The van der Waals surface area contributed by atoms with E-state index in [9.17, 15) is 14.4 Å². The fourth-order valence-corrected chi connectivity index (χ4v) is 2.79. The second-order valence-electron chi connectivity index (χ2n) is 8.36. The van der Waals surface area contributed by atoms with Crippen molar-refractivity contribution in [1.82, 2.24) is 21.3 Å². The van der Waals surface area contributed by atoms with E-state index in [2.05, 4.69) is 49.0 Å². The maximum Gasteiger partial charge on any atom is 0.220 e. The molecule has 0 spiro atoms. The lowest BCUT2D eigenvalue weighted by Gasteiger charge is -2.09. The number of unbranched alkanes of at least 4 members (excludes halogenated alkanes) is 3. The van der Waals surface area contributed by atoms with E-state index < -0.39 is 0 Å². The van der Waals surface area contributed by atoms with Crippen molar-refractivity contribution in [3.8, 4) is 0 Å². The quantitative estimate of drug-likeness (QED) is 0.260. The third-order valence-electron chi connectivity index (χ3n) is 4.51. The highest BCUT2D eigenvalue weighted by Gasteiger charge is 2.06. The van der Waals surface area contributed by atoms with Gasteiger partial charge in [-0.25, -0.2) is 0 Å². The number of nitrogens with one attached hydrogen (secondary N) is 4. The monoisotopic (exact) mass is 412 g/mol. The molecule has 0 unspecified atom stereocenters. The maximum atomic E-state index is 11.8. The van der Waals surface area contributed by atoms with Crippen LogP contribution in [0.25, 0.3) is 0 Å². The normalized spacial score (nSPS) is 11.0. The van der Waals surface area contributed by atoms with Crippen LogP contribution >= 0.6 is 0 Å². The molecule has 0 saturated carbocycles. The standard InChI is InChI=1S/C22H44N4O3/c1-18(2)10-9-15-25-20(27)11-7-5-6-8-14-24-21(28)12-13-22(29)26-17-16-23-19(3)4/h18-19,23H,5-17H2,1-4H3,(H,24,28)(H,25,27)(H,26,29). The Morgan fingerprint density at radius 2 is 1.10 bits per heavy atom. The zero-order chi connectivity index (χ0) is 21.9. The summed E-state index contributed by atoms with van der Waals surface area (Å²) in [5.74, 6) is 0.649. The van der Waals surface area contributed by atoms with Crippen molar-refractivity contribution in [3.05, 3.63) is 0 Å². The minimum Gasteiger partial charge on any atom is -0.356 e. The molecule has 170 valence electrons. The molecular weight excluding hydrogens is 368 g/mol. The molecule has 0 heterocycles. The van der Waals surface area contributed by atoms with E-state index in [-0.39, 0.29) is 30.6 Å². The molecule has 0 aliphatic carbocycles. The number of carbonyl (C=O) groups excluding carboxylic acids is 3. The molecule has 0 fully saturated rings. The molecule has 0 saturated heterocycles. The lowest BCUT2D eigenvalue weighted by molar-refractivity contribution is -0.126. The summed E-state index contributed by atoms with van der Waals surface area (Å²) >= 11 is 0. The SMILES string of the molecule is CC(C)CCCNC(=O)CCCCCCNC(=O)CCC(=O)NCCNC(C)C. The average Bonchev–Trinajstić information content (AvgIpc) is 2.66. The number of hydrogen-bond acceptors (Lipinski definition) is 4. The predicted octanol–water partition coefficient (Wildman–Crippen LogP) is 2.50. The average molecular weight is 413 g/mol. The zero-order valence-corrected chi connectivity index (χ0v) is 19.1. The Morgan fingerprint density at radius 3 is 1.69 bits per heavy atom. The van der Waals surface area contributed by atoms with Gasteiger partial charge in [-0.15, -0.1) is 0 Å². The van der Waals surface area contributed by atoms with Gasteiger partial charge in [-0.05, 0) is 31.6 Å². The molecule has 0 bridgehead atoms. The first-order valence-electron chi connectivity index (χ1n) is 11.3. The van der Waals surface area contributed by atoms with Gasteiger partial charge in [-0.3, -0.25) is 14.4 Å². The van der Waals surface area contributed by atoms with E-state index in [0.717, 1.165) is 51.6 Å². The summed E-state index contributed by atoms with van der Waals surface area (Å²) in [5, 5.41) is 11.8. The van der Waals surface area contributed by atoms with E-state index in [1.807, 2.05) is 0 Å². The Hall–Kier alpha value is -1.63. The van der Waals surface area contributed by atoms with Crippen LogP contribution in [-0.4, -0.2) is 49.9 Å². The first-order chi connectivity index (χ1) is 13.8. The fourth-order valence-electron chi connectivity index (χ4n) is 2.79. The predicted molar refractivity (Wildman–Crippen MR) is 119 cm³/mol. The minimum atomic E-state index is -0.0896. The summed E-state index contributed by atoms with van der Waals surface area (Å²) in [6, 6.07) is 0.398. The molecule has 3 amide bonds. The Balaban J connectivity index is 3.44. The smallest absolute Gasteiger partial charge is 0.220 e. The molecule has 0 aromatic heterocycles. The summed E-state index contributed by atoms with van der Waals surface area (Å²) < 4.78 is 0. The second-order valence-corrected chi connectivity index (χ2v) is 8.36. The van der Waals surface area contributed by atoms with Crippen LogP contribution in [-0.2, 0) is 14.4 Å². The van der Waals surface area contributed by atoms with E-state index in [4.69, 9.17) is 0 Å². The van der Waals surface area contributed by atoms with Gasteiger partial charge in [0.05, 0.1) is 0 Å². The van der Waals surface area contributed by atoms with Crippen molar-refractivity contribution in [2.24, 2.45) is 5.92 Å². The summed E-state index contributed by atoms with van der Waals surface area (Å²) in [5.41, 5.74) is 0. The van der Waals surface area contributed by atoms with E-state index in [1.54, 1.807) is 0 Å². The molecule has 7 heteroatoms. The summed E-state index contributed by atoms with van der Waals surface area (Å²) in [4.78, 5) is 35.1. The zero-order valence-electron chi connectivity index (χ0n) is 19.1. The molecule has 0 aliphatic heterocycles. The number of amides is 3. The largest absolute Gasteiger partial charge is 0.356 e. The molecule has 0 atom stereocenters. The topological polar surface area (TPSA) is 99.3 Å². The molecule has 0 rings (SSSR count). The van der Waals surface area contributed by atoms with Crippen LogP contribution in [0.1, 0.15) is 85.5 Å². The van der Waals surface area contributed by atoms with E-state index in [0.29, 0.717) is 31.5 Å². The van der Waals surface area contributed by atoms with Gasteiger partial charge in [0.1, 0.15) is 0 Å². The molecule has 0 aromatic rings. The molecule has 4 N–H and O–H groups in total. The van der Waals surface area contributed by atoms with Crippen molar-refractivity contribution >= 4 is 17.7 Å². The van der Waals surface area contributed by atoms with Crippen LogP contribution in [0.15, 0.2) is 0 Å². The van der Waals surface area contributed by atoms with Gasteiger partial charge in [0.15, 0.2) is 0 Å². The Labute approximate surface area is 177 Å². The van der Waals surface area contributed by atoms with Crippen molar-refractivity contribution in [1.29, 1.82) is 0 Å². The summed E-state index contributed by atoms with van der Waals surface area (Å²) in [7, 11) is 0. The first kappa shape index (κ1) is 27.4. The van der Waals surface area contributed by atoms with Crippen LogP contribution in [0.3, 0.4) is 0 Å². The van der Waals surface area contributed by atoms with Crippen LogP contribution in [0, 0.1) is 5.92 Å². The summed E-state index contributed by atoms with van der Waals surface area (Å²) in [6.07, 6.45) is 6.97. The van der Waals surface area contributed by atoms with Crippen LogP contribution in [0.5, 0.6) is 0 Å². The molecule has 7 nitrogen and oxygen atoms in total. The van der Waals surface area contributed by atoms with Gasteiger partial charge in [0.25, 0.3) is 0 Å². The van der Waals surface area contributed by atoms with Crippen LogP contribution in [0.4, 0.5) is 0 Å². The maximum absolute atomic E-state index is 11.8. The number of rotatable bonds is 18. The van der Waals surface area contributed by atoms with Gasteiger partial charge in [0, 0.05) is 51.5 Å². The molecule has 0 aromatic carbocycles. The number of hydrogen-bond donors (Lipinski definition) is 4. The number of carbonyl (C=O) groups is 3. The highest BCUT2D eigenvalue weighted by Crippen LogP contribution is 2.04. The van der Waals surface area contributed by atoms with E-state index in [1.165, 1.54) is 0 Å². The second kappa shape index (κ2) is 18.4. The van der Waals surface area contributed by atoms with Crippen molar-refractivity contribution in [2.45, 2.75) is 91.5 Å². The minimum absolute atomic E-state index is 0.0822. The van der Waals surface area contributed by atoms with Gasteiger partial charge >= 0.3 is 0 Å². The van der Waals surface area contributed by atoms with Crippen molar-refractivity contribution < 1.29 is 14.4 Å². The Bertz CT molecular complexity index is 453. The van der Waals surface area contributed by atoms with Gasteiger partial charge < -0.3 is 21.3 Å². The molecule has 0 radical (unpaired) electrons.